The van der Waals surface area contributed by atoms with Gasteiger partial charge in [0.2, 0.25) is 5.95 Å². The summed E-state index contributed by atoms with van der Waals surface area (Å²) in [5.74, 6) is 0.652. The minimum Gasteiger partial charge on any atom is -0.381 e. The topological polar surface area (TPSA) is 93.5 Å². The first kappa shape index (κ1) is 16.2. The van der Waals surface area contributed by atoms with Gasteiger partial charge < -0.3 is 15.0 Å². The van der Waals surface area contributed by atoms with E-state index in [-0.39, 0.29) is 0 Å². The molecule has 5 rings (SSSR count). The first-order chi connectivity index (χ1) is 13.2. The summed E-state index contributed by atoms with van der Waals surface area (Å²) in [5, 5.41) is 12.8. The second kappa shape index (κ2) is 6.31. The van der Waals surface area contributed by atoms with E-state index in [1.165, 1.54) is 0 Å². The van der Waals surface area contributed by atoms with Gasteiger partial charge in [-0.25, -0.2) is 9.67 Å². The molecule has 0 spiro atoms. The lowest BCUT2D eigenvalue weighted by Gasteiger charge is -2.34. The zero-order valence-corrected chi connectivity index (χ0v) is 15.3. The van der Waals surface area contributed by atoms with Gasteiger partial charge in [0.05, 0.1) is 11.6 Å². The number of methoxy groups -OCH3 is 1. The Balaban J connectivity index is 1.46. The maximum absolute atomic E-state index is 5.32. The number of aromatic amines is 1. The van der Waals surface area contributed by atoms with E-state index in [4.69, 9.17) is 4.74 Å². The fraction of sp³-hybridized carbons (Fsp3) is 0.368. The molecule has 27 heavy (non-hydrogen) atoms. The number of H-pyrrole nitrogens is 1. The third kappa shape index (κ3) is 2.73. The Morgan fingerprint density at radius 3 is 3.04 bits per heavy atom. The SMILES string of the molecule is CCn1nnc2ccc(-c3c[nH]c4nc(NC5CC(OC)C5)ncc34)cc21. The molecule has 0 atom stereocenters. The van der Waals surface area contributed by atoms with Gasteiger partial charge in [0.15, 0.2) is 0 Å². The van der Waals surface area contributed by atoms with Crippen molar-refractivity contribution in [3.05, 3.63) is 30.6 Å². The molecule has 8 heteroatoms. The van der Waals surface area contributed by atoms with Crippen molar-refractivity contribution in [2.24, 2.45) is 0 Å². The van der Waals surface area contributed by atoms with E-state index >= 15 is 0 Å². The smallest absolute Gasteiger partial charge is 0.224 e. The summed E-state index contributed by atoms with van der Waals surface area (Å²) in [4.78, 5) is 12.4. The lowest BCUT2D eigenvalue weighted by atomic mass is 9.89. The first-order valence-corrected chi connectivity index (χ1v) is 9.22. The molecule has 0 unspecified atom stereocenters. The molecule has 1 aromatic carbocycles. The van der Waals surface area contributed by atoms with Crippen molar-refractivity contribution in [3.8, 4) is 11.1 Å². The van der Waals surface area contributed by atoms with Crippen LogP contribution in [-0.2, 0) is 11.3 Å². The summed E-state index contributed by atoms with van der Waals surface area (Å²) >= 11 is 0. The zero-order chi connectivity index (χ0) is 18.4. The van der Waals surface area contributed by atoms with E-state index in [9.17, 15) is 0 Å². The molecule has 1 fully saturated rings. The number of nitrogens with one attached hydrogen (secondary N) is 2. The molecule has 0 aliphatic heterocycles. The van der Waals surface area contributed by atoms with Crippen LogP contribution in [0.1, 0.15) is 19.8 Å². The van der Waals surface area contributed by atoms with Crippen LogP contribution in [-0.4, -0.2) is 49.2 Å². The van der Waals surface area contributed by atoms with E-state index in [0.717, 1.165) is 52.6 Å². The van der Waals surface area contributed by atoms with Crippen LogP contribution < -0.4 is 5.32 Å². The fourth-order valence-electron chi connectivity index (χ4n) is 3.64. The summed E-state index contributed by atoms with van der Waals surface area (Å²) < 4.78 is 7.22. The lowest BCUT2D eigenvalue weighted by molar-refractivity contribution is 0.0327. The van der Waals surface area contributed by atoms with Gasteiger partial charge in [0, 0.05) is 43.0 Å². The largest absolute Gasteiger partial charge is 0.381 e. The molecule has 0 radical (unpaired) electrons. The quantitative estimate of drug-likeness (QED) is 0.566. The Morgan fingerprint density at radius 2 is 2.22 bits per heavy atom. The molecule has 3 aromatic heterocycles. The van der Waals surface area contributed by atoms with Gasteiger partial charge in [-0.3, -0.25) is 0 Å². The molecule has 1 saturated carbocycles. The van der Waals surface area contributed by atoms with E-state index in [0.29, 0.717) is 18.1 Å². The second-order valence-electron chi connectivity index (χ2n) is 6.94. The molecule has 3 heterocycles. The van der Waals surface area contributed by atoms with Gasteiger partial charge in [-0.15, -0.1) is 5.10 Å². The van der Waals surface area contributed by atoms with Crippen LogP contribution in [0.5, 0.6) is 0 Å². The maximum Gasteiger partial charge on any atom is 0.224 e. The molecule has 0 amide bonds. The Hall–Kier alpha value is -3.00. The highest BCUT2D eigenvalue weighted by molar-refractivity contribution is 5.95. The standard InChI is InChI=1S/C19H21N7O/c1-3-26-17-6-11(4-5-16(17)24-25-26)14-9-20-18-15(14)10-21-19(23-18)22-12-7-13(8-12)27-2/h4-6,9-10,12-13H,3,7-8H2,1-2H3,(H2,20,21,22,23). The van der Waals surface area contributed by atoms with Crippen LogP contribution in [0, 0.1) is 0 Å². The van der Waals surface area contributed by atoms with Gasteiger partial charge >= 0.3 is 0 Å². The normalized spacial score (nSPS) is 19.5. The average Bonchev–Trinajstić information content (AvgIpc) is 3.27. The predicted octanol–water partition coefficient (Wildman–Crippen LogP) is 2.98. The summed E-state index contributed by atoms with van der Waals surface area (Å²) in [6.07, 6.45) is 6.20. The van der Waals surface area contributed by atoms with E-state index < -0.39 is 0 Å². The summed E-state index contributed by atoms with van der Waals surface area (Å²) in [6.45, 7) is 2.85. The van der Waals surface area contributed by atoms with Crippen molar-refractivity contribution in [1.29, 1.82) is 0 Å². The number of benzene rings is 1. The van der Waals surface area contributed by atoms with Crippen LogP contribution in [0.15, 0.2) is 30.6 Å². The third-order valence-corrected chi connectivity index (χ3v) is 5.32. The molecular weight excluding hydrogens is 342 g/mol. The number of fused-ring (bicyclic) bond motifs is 2. The van der Waals surface area contributed by atoms with Gasteiger partial charge in [-0.1, -0.05) is 11.3 Å². The number of hydrogen-bond acceptors (Lipinski definition) is 6. The average molecular weight is 363 g/mol. The Morgan fingerprint density at radius 1 is 1.33 bits per heavy atom. The summed E-state index contributed by atoms with van der Waals surface area (Å²) in [7, 11) is 1.75. The van der Waals surface area contributed by atoms with E-state index in [1.54, 1.807) is 7.11 Å². The lowest BCUT2D eigenvalue weighted by Crippen LogP contribution is -2.40. The van der Waals surface area contributed by atoms with Crippen molar-refractivity contribution in [2.75, 3.05) is 12.4 Å². The molecule has 0 bridgehead atoms. The molecule has 0 saturated heterocycles. The number of anilines is 1. The molecule has 2 N–H and O–H groups in total. The van der Waals surface area contributed by atoms with Crippen molar-refractivity contribution in [1.82, 2.24) is 29.9 Å². The predicted molar refractivity (Wildman–Crippen MR) is 104 cm³/mol. The van der Waals surface area contributed by atoms with Crippen LogP contribution in [0.2, 0.25) is 0 Å². The van der Waals surface area contributed by atoms with Crippen LogP contribution in [0.3, 0.4) is 0 Å². The highest BCUT2D eigenvalue weighted by Gasteiger charge is 2.29. The molecular formula is C19H21N7O. The van der Waals surface area contributed by atoms with Crippen molar-refractivity contribution in [2.45, 2.75) is 38.5 Å². The Kier molecular flexibility index (Phi) is 3.78. The maximum atomic E-state index is 5.32. The molecule has 1 aliphatic rings. The van der Waals surface area contributed by atoms with Gasteiger partial charge in [0.25, 0.3) is 0 Å². The number of aromatic nitrogens is 6. The van der Waals surface area contributed by atoms with Crippen molar-refractivity contribution in [3.63, 3.8) is 0 Å². The number of rotatable bonds is 5. The number of nitrogens with zero attached hydrogens (tertiary/aromatic N) is 5. The number of ether oxygens (including phenoxy) is 1. The van der Waals surface area contributed by atoms with Crippen molar-refractivity contribution >= 4 is 28.0 Å². The Bertz CT molecular complexity index is 1110. The summed E-state index contributed by atoms with van der Waals surface area (Å²) in [6, 6.07) is 6.56. The highest BCUT2D eigenvalue weighted by Crippen LogP contribution is 2.30. The Labute approximate surface area is 156 Å². The first-order valence-electron chi connectivity index (χ1n) is 9.22. The number of hydrogen-bond donors (Lipinski definition) is 2. The van der Waals surface area contributed by atoms with Gasteiger partial charge in [-0.05, 0) is 37.5 Å². The molecule has 138 valence electrons. The molecule has 4 aromatic rings. The monoisotopic (exact) mass is 363 g/mol. The van der Waals surface area contributed by atoms with Crippen molar-refractivity contribution < 1.29 is 4.74 Å². The number of aryl methyl sites for hydroxylation is 1. The molecule has 1 aliphatic carbocycles. The molecule has 8 nitrogen and oxygen atoms in total. The van der Waals surface area contributed by atoms with Crippen LogP contribution in [0.4, 0.5) is 5.95 Å². The van der Waals surface area contributed by atoms with E-state index in [1.807, 2.05) is 23.1 Å². The van der Waals surface area contributed by atoms with E-state index in [2.05, 4.69) is 49.6 Å². The van der Waals surface area contributed by atoms with Gasteiger partial charge in [0.1, 0.15) is 11.2 Å². The third-order valence-electron chi connectivity index (χ3n) is 5.32. The van der Waals surface area contributed by atoms with Crippen LogP contribution in [0.25, 0.3) is 33.2 Å². The van der Waals surface area contributed by atoms with Crippen LogP contribution >= 0.6 is 0 Å². The highest BCUT2D eigenvalue weighted by atomic mass is 16.5. The summed E-state index contributed by atoms with van der Waals surface area (Å²) in [5.41, 5.74) is 4.92. The second-order valence-corrected chi connectivity index (χ2v) is 6.94. The minimum absolute atomic E-state index is 0.351. The fourth-order valence-corrected chi connectivity index (χ4v) is 3.64. The van der Waals surface area contributed by atoms with Gasteiger partial charge in [-0.2, -0.15) is 4.98 Å². The zero-order valence-electron chi connectivity index (χ0n) is 15.3. The minimum atomic E-state index is 0.351.